The monoisotopic (exact) mass is 352 g/mol. The molecule has 1 N–H and O–H groups in total. The molecule has 5 heteroatoms. The molecule has 1 aliphatic heterocycles. The maximum atomic E-state index is 4.66. The molecule has 4 rings (SSSR count). The molecule has 1 saturated heterocycles. The van der Waals surface area contributed by atoms with E-state index in [0.717, 1.165) is 49.0 Å². The van der Waals surface area contributed by atoms with Crippen molar-refractivity contribution in [1.29, 1.82) is 0 Å². The van der Waals surface area contributed by atoms with Gasteiger partial charge in [-0.25, -0.2) is 0 Å². The van der Waals surface area contributed by atoms with Crippen molar-refractivity contribution >= 4 is 21.4 Å². The Morgan fingerprint density at radius 3 is 2.96 bits per heavy atom. The van der Waals surface area contributed by atoms with Crippen LogP contribution in [0.25, 0.3) is 21.3 Å². The van der Waals surface area contributed by atoms with Crippen LogP contribution in [0.5, 0.6) is 0 Å². The highest BCUT2D eigenvalue weighted by Crippen LogP contribution is 2.29. The largest absolute Gasteiger partial charge is 0.316 e. The van der Waals surface area contributed by atoms with Crippen LogP contribution in [0.4, 0.5) is 0 Å². The average Bonchev–Trinajstić information content (AvgIpc) is 3.25. The van der Waals surface area contributed by atoms with Crippen LogP contribution in [0.1, 0.15) is 17.7 Å². The molecular weight excluding hydrogens is 328 g/mol. The van der Waals surface area contributed by atoms with E-state index in [4.69, 9.17) is 0 Å². The Morgan fingerprint density at radius 1 is 1.28 bits per heavy atom. The third-order valence-electron chi connectivity index (χ3n) is 4.93. The number of fused-ring (bicyclic) bond motifs is 1. The second-order valence-corrected chi connectivity index (χ2v) is 7.99. The van der Waals surface area contributed by atoms with Crippen molar-refractivity contribution in [3.05, 3.63) is 47.2 Å². The maximum absolute atomic E-state index is 4.66. The summed E-state index contributed by atoms with van der Waals surface area (Å²) >= 11 is 1.79. The van der Waals surface area contributed by atoms with E-state index in [1.54, 1.807) is 11.3 Å². The number of nitrogens with zero attached hydrogens (tertiary/aromatic N) is 3. The van der Waals surface area contributed by atoms with Crippen LogP contribution in [0.2, 0.25) is 0 Å². The average molecular weight is 353 g/mol. The summed E-state index contributed by atoms with van der Waals surface area (Å²) in [5.74, 6) is 0.762. The molecule has 3 aromatic rings. The molecule has 1 fully saturated rings. The summed E-state index contributed by atoms with van der Waals surface area (Å²) in [6.07, 6.45) is 5.10. The van der Waals surface area contributed by atoms with Gasteiger partial charge in [-0.3, -0.25) is 9.97 Å². The van der Waals surface area contributed by atoms with Gasteiger partial charge in [-0.1, -0.05) is 6.07 Å². The van der Waals surface area contributed by atoms with Crippen molar-refractivity contribution < 1.29 is 0 Å². The first kappa shape index (κ1) is 16.6. The fraction of sp³-hybridized carbons (Fsp3) is 0.400. The first-order valence-corrected chi connectivity index (χ1v) is 9.75. The van der Waals surface area contributed by atoms with Crippen molar-refractivity contribution in [3.63, 3.8) is 0 Å². The standard InChI is InChI=1S/C20H24N4S/c1-14-13-25-20-4-3-16(7-18(14)20)19-10-22-17(9-23-19)12-24(2)11-15-5-6-21-8-15/h3-4,7,9-10,13,15,21H,5-6,8,11-12H2,1-2H3. The zero-order valence-corrected chi connectivity index (χ0v) is 15.6. The number of thiophene rings is 1. The third-order valence-corrected chi connectivity index (χ3v) is 6.01. The second kappa shape index (κ2) is 7.20. The van der Waals surface area contributed by atoms with Gasteiger partial charge in [-0.15, -0.1) is 11.3 Å². The van der Waals surface area contributed by atoms with Crippen LogP contribution >= 0.6 is 11.3 Å². The second-order valence-electron chi connectivity index (χ2n) is 7.08. The van der Waals surface area contributed by atoms with Gasteiger partial charge >= 0.3 is 0 Å². The van der Waals surface area contributed by atoms with E-state index in [1.807, 2.05) is 12.4 Å². The smallest absolute Gasteiger partial charge is 0.0885 e. The summed E-state index contributed by atoms with van der Waals surface area (Å²) in [5, 5.41) is 6.95. The molecule has 3 heterocycles. The number of hydrogen-bond donors (Lipinski definition) is 1. The first-order chi connectivity index (χ1) is 12.2. The van der Waals surface area contributed by atoms with Gasteiger partial charge in [0.25, 0.3) is 0 Å². The number of benzene rings is 1. The predicted octanol–water partition coefficient (Wildman–Crippen LogP) is 3.71. The van der Waals surface area contributed by atoms with Crippen LogP contribution in [0, 0.1) is 12.8 Å². The van der Waals surface area contributed by atoms with E-state index < -0.39 is 0 Å². The van der Waals surface area contributed by atoms with E-state index in [1.165, 1.54) is 22.1 Å². The molecule has 0 saturated carbocycles. The van der Waals surface area contributed by atoms with Crippen LogP contribution < -0.4 is 5.32 Å². The summed E-state index contributed by atoms with van der Waals surface area (Å²) < 4.78 is 1.33. The minimum atomic E-state index is 0.762. The lowest BCUT2D eigenvalue weighted by Gasteiger charge is -2.19. The molecule has 1 aliphatic rings. The lowest BCUT2D eigenvalue weighted by molar-refractivity contribution is 0.275. The number of hydrogen-bond acceptors (Lipinski definition) is 5. The summed E-state index contributed by atoms with van der Waals surface area (Å²) in [6, 6.07) is 6.55. The molecule has 1 atom stereocenters. The first-order valence-electron chi connectivity index (χ1n) is 8.87. The van der Waals surface area contributed by atoms with E-state index in [-0.39, 0.29) is 0 Å². The van der Waals surface area contributed by atoms with Gasteiger partial charge in [-0.05, 0) is 67.9 Å². The Kier molecular flexibility index (Phi) is 4.79. The Bertz CT molecular complexity index is 850. The van der Waals surface area contributed by atoms with E-state index >= 15 is 0 Å². The van der Waals surface area contributed by atoms with Gasteiger partial charge in [0.05, 0.1) is 23.8 Å². The molecule has 130 valence electrons. The lowest BCUT2D eigenvalue weighted by atomic mass is 10.1. The fourth-order valence-electron chi connectivity index (χ4n) is 3.55. The minimum Gasteiger partial charge on any atom is -0.316 e. The minimum absolute atomic E-state index is 0.762. The SMILES string of the molecule is Cc1csc2ccc(-c3cnc(CN(C)CC4CCNC4)cn3)cc12. The molecule has 0 amide bonds. The van der Waals surface area contributed by atoms with E-state index in [0.29, 0.717) is 0 Å². The summed E-state index contributed by atoms with van der Waals surface area (Å²) in [7, 11) is 2.17. The molecule has 4 nitrogen and oxygen atoms in total. The predicted molar refractivity (Wildman–Crippen MR) is 105 cm³/mol. The van der Waals surface area contributed by atoms with Crippen molar-refractivity contribution in [2.75, 3.05) is 26.7 Å². The molecule has 0 radical (unpaired) electrons. The van der Waals surface area contributed by atoms with Crippen LogP contribution in [-0.4, -0.2) is 41.5 Å². The highest BCUT2D eigenvalue weighted by Gasteiger charge is 2.16. The number of rotatable bonds is 5. The van der Waals surface area contributed by atoms with Crippen molar-refractivity contribution in [3.8, 4) is 11.3 Å². The van der Waals surface area contributed by atoms with Gasteiger partial charge in [0.2, 0.25) is 0 Å². The number of aromatic nitrogens is 2. The fourth-order valence-corrected chi connectivity index (χ4v) is 4.48. The Balaban J connectivity index is 1.46. The Hall–Kier alpha value is -1.82. The van der Waals surface area contributed by atoms with Gasteiger partial charge < -0.3 is 10.2 Å². The lowest BCUT2D eigenvalue weighted by Crippen LogP contribution is -2.27. The summed E-state index contributed by atoms with van der Waals surface area (Å²) in [6.45, 7) is 6.42. The zero-order valence-electron chi connectivity index (χ0n) is 14.8. The molecule has 0 bridgehead atoms. The number of nitrogens with one attached hydrogen (secondary N) is 1. The van der Waals surface area contributed by atoms with Gasteiger partial charge in [0, 0.05) is 23.4 Å². The topological polar surface area (TPSA) is 41.1 Å². The van der Waals surface area contributed by atoms with Crippen LogP contribution in [0.3, 0.4) is 0 Å². The third kappa shape index (κ3) is 3.73. The molecule has 1 unspecified atom stereocenters. The quantitative estimate of drug-likeness (QED) is 0.760. The van der Waals surface area contributed by atoms with E-state index in [2.05, 4.69) is 57.7 Å². The Morgan fingerprint density at radius 2 is 2.20 bits per heavy atom. The molecule has 2 aromatic heterocycles. The molecule has 0 aliphatic carbocycles. The van der Waals surface area contributed by atoms with Crippen molar-refractivity contribution in [2.45, 2.75) is 19.9 Å². The normalized spacial score (nSPS) is 17.6. The molecular formula is C20H24N4S. The summed E-state index contributed by atoms with van der Waals surface area (Å²) in [5.41, 5.74) is 4.44. The maximum Gasteiger partial charge on any atom is 0.0885 e. The van der Waals surface area contributed by atoms with Gasteiger partial charge in [0.1, 0.15) is 0 Å². The highest BCUT2D eigenvalue weighted by atomic mass is 32.1. The Labute approximate surface area is 152 Å². The van der Waals surface area contributed by atoms with Crippen LogP contribution in [0.15, 0.2) is 36.0 Å². The van der Waals surface area contributed by atoms with Crippen molar-refractivity contribution in [2.24, 2.45) is 5.92 Å². The van der Waals surface area contributed by atoms with E-state index in [9.17, 15) is 0 Å². The van der Waals surface area contributed by atoms with Crippen LogP contribution in [-0.2, 0) is 6.54 Å². The van der Waals surface area contributed by atoms with Gasteiger partial charge in [0.15, 0.2) is 0 Å². The highest BCUT2D eigenvalue weighted by molar-refractivity contribution is 7.17. The summed E-state index contributed by atoms with van der Waals surface area (Å²) in [4.78, 5) is 11.6. The molecule has 25 heavy (non-hydrogen) atoms. The van der Waals surface area contributed by atoms with Crippen molar-refractivity contribution in [1.82, 2.24) is 20.2 Å². The molecule has 1 aromatic carbocycles. The zero-order chi connectivity index (χ0) is 17.2. The molecule has 0 spiro atoms. The van der Waals surface area contributed by atoms with Gasteiger partial charge in [-0.2, -0.15) is 0 Å². The number of aryl methyl sites for hydroxylation is 1.